The maximum atomic E-state index is 14.0. The minimum atomic E-state index is -0.222. The third kappa shape index (κ3) is 3.02. The molecule has 1 fully saturated rings. The van der Waals surface area contributed by atoms with E-state index in [1.165, 1.54) is 6.07 Å². The molecule has 1 unspecified atom stereocenters. The highest BCUT2D eigenvalue weighted by Crippen LogP contribution is 2.35. The highest BCUT2D eigenvalue weighted by molar-refractivity contribution is 6.31. The number of ether oxygens (including phenoxy) is 1. The lowest BCUT2D eigenvalue weighted by atomic mass is 9.86. The molecule has 1 aromatic carbocycles. The molecule has 1 atom stereocenters. The first kappa shape index (κ1) is 13.8. The normalized spacial score (nSPS) is 18.8. The molecule has 0 bridgehead atoms. The summed E-state index contributed by atoms with van der Waals surface area (Å²) in [4.78, 5) is 0. The molecule has 0 spiro atoms. The molecular formula is C14H19ClFNO. The van der Waals surface area contributed by atoms with Crippen molar-refractivity contribution in [3.05, 3.63) is 34.6 Å². The number of hydrogen-bond donors (Lipinski definition) is 1. The van der Waals surface area contributed by atoms with Crippen molar-refractivity contribution in [1.82, 2.24) is 5.32 Å². The summed E-state index contributed by atoms with van der Waals surface area (Å²) in [6.45, 7) is 4.32. The average molecular weight is 272 g/mol. The summed E-state index contributed by atoms with van der Waals surface area (Å²) in [7, 11) is 0. The third-order valence-corrected chi connectivity index (χ3v) is 3.80. The van der Waals surface area contributed by atoms with E-state index < -0.39 is 0 Å². The van der Waals surface area contributed by atoms with Crippen LogP contribution in [0.4, 0.5) is 4.39 Å². The van der Waals surface area contributed by atoms with Gasteiger partial charge in [0.2, 0.25) is 0 Å². The molecule has 2 rings (SSSR count). The maximum Gasteiger partial charge on any atom is 0.129 e. The Balaban J connectivity index is 2.28. The van der Waals surface area contributed by atoms with E-state index in [1.807, 2.05) is 6.92 Å². The van der Waals surface area contributed by atoms with E-state index in [4.69, 9.17) is 16.3 Å². The topological polar surface area (TPSA) is 21.3 Å². The molecule has 1 saturated heterocycles. The van der Waals surface area contributed by atoms with Crippen LogP contribution < -0.4 is 5.32 Å². The van der Waals surface area contributed by atoms with Crippen molar-refractivity contribution in [2.75, 3.05) is 19.8 Å². The summed E-state index contributed by atoms with van der Waals surface area (Å²) in [5.41, 5.74) is 0.605. The SMILES string of the molecule is CCNC(c1c(F)cccc1Cl)C1CCOCC1. The van der Waals surface area contributed by atoms with Gasteiger partial charge in [0, 0.05) is 29.8 Å². The molecule has 1 heterocycles. The van der Waals surface area contributed by atoms with E-state index in [-0.39, 0.29) is 11.9 Å². The smallest absolute Gasteiger partial charge is 0.129 e. The van der Waals surface area contributed by atoms with Crippen molar-refractivity contribution in [3.63, 3.8) is 0 Å². The Kier molecular flexibility index (Phi) is 4.98. The molecule has 0 aromatic heterocycles. The monoisotopic (exact) mass is 271 g/mol. The standard InChI is InChI=1S/C14H19ClFNO/c1-2-17-14(10-6-8-18-9-7-10)13-11(15)4-3-5-12(13)16/h3-5,10,14,17H,2,6-9H2,1H3. The van der Waals surface area contributed by atoms with Gasteiger partial charge >= 0.3 is 0 Å². The summed E-state index contributed by atoms with van der Waals surface area (Å²) in [5, 5.41) is 3.88. The highest BCUT2D eigenvalue weighted by atomic mass is 35.5. The van der Waals surface area contributed by atoms with Gasteiger partial charge in [-0.15, -0.1) is 0 Å². The Morgan fingerprint density at radius 3 is 2.78 bits per heavy atom. The van der Waals surface area contributed by atoms with Crippen LogP contribution >= 0.6 is 11.6 Å². The number of benzene rings is 1. The molecule has 1 N–H and O–H groups in total. The summed E-state index contributed by atoms with van der Waals surface area (Å²) < 4.78 is 19.4. The largest absolute Gasteiger partial charge is 0.381 e. The van der Waals surface area contributed by atoms with Crippen LogP contribution in [-0.2, 0) is 4.74 Å². The Morgan fingerprint density at radius 1 is 1.44 bits per heavy atom. The van der Waals surface area contributed by atoms with E-state index in [0.717, 1.165) is 32.6 Å². The maximum absolute atomic E-state index is 14.0. The summed E-state index contributed by atoms with van der Waals surface area (Å²) in [6, 6.07) is 4.86. The van der Waals surface area contributed by atoms with Crippen molar-refractivity contribution in [2.24, 2.45) is 5.92 Å². The van der Waals surface area contributed by atoms with Crippen molar-refractivity contribution in [1.29, 1.82) is 0 Å². The van der Waals surface area contributed by atoms with Gasteiger partial charge in [-0.3, -0.25) is 0 Å². The van der Waals surface area contributed by atoms with E-state index in [0.29, 0.717) is 16.5 Å². The van der Waals surface area contributed by atoms with E-state index in [9.17, 15) is 4.39 Å². The van der Waals surface area contributed by atoms with Gasteiger partial charge in [0.05, 0.1) is 0 Å². The van der Waals surface area contributed by atoms with Gasteiger partial charge in [0.1, 0.15) is 5.82 Å². The number of rotatable bonds is 4. The second-order valence-corrected chi connectivity index (χ2v) is 5.03. The number of halogens is 2. The van der Waals surface area contributed by atoms with E-state index in [2.05, 4.69) is 5.32 Å². The molecule has 1 aliphatic rings. The van der Waals surface area contributed by atoms with Crippen LogP contribution in [0.1, 0.15) is 31.4 Å². The lowest BCUT2D eigenvalue weighted by molar-refractivity contribution is 0.0533. The van der Waals surface area contributed by atoms with Crippen molar-refractivity contribution in [3.8, 4) is 0 Å². The molecular weight excluding hydrogens is 253 g/mol. The Bertz CT molecular complexity index is 373. The number of hydrogen-bond acceptors (Lipinski definition) is 2. The first-order valence-electron chi connectivity index (χ1n) is 6.49. The fourth-order valence-corrected chi connectivity index (χ4v) is 2.86. The van der Waals surface area contributed by atoms with Gasteiger partial charge in [0.25, 0.3) is 0 Å². The molecule has 100 valence electrons. The predicted octanol–water partition coefficient (Wildman–Crippen LogP) is 3.56. The fourth-order valence-electron chi connectivity index (χ4n) is 2.58. The average Bonchev–Trinajstić information content (AvgIpc) is 2.38. The zero-order valence-electron chi connectivity index (χ0n) is 10.6. The molecule has 1 aliphatic heterocycles. The van der Waals surface area contributed by atoms with E-state index >= 15 is 0 Å². The van der Waals surface area contributed by atoms with Gasteiger partial charge in [-0.1, -0.05) is 24.6 Å². The fraction of sp³-hybridized carbons (Fsp3) is 0.571. The first-order chi connectivity index (χ1) is 8.74. The van der Waals surface area contributed by atoms with Crippen LogP contribution in [0.5, 0.6) is 0 Å². The second-order valence-electron chi connectivity index (χ2n) is 4.62. The van der Waals surface area contributed by atoms with Crippen LogP contribution in [0.2, 0.25) is 5.02 Å². The molecule has 1 aromatic rings. The highest BCUT2D eigenvalue weighted by Gasteiger charge is 2.28. The van der Waals surface area contributed by atoms with Crippen LogP contribution in [0.3, 0.4) is 0 Å². The Labute approximate surface area is 112 Å². The van der Waals surface area contributed by atoms with Gasteiger partial charge in [-0.05, 0) is 37.4 Å². The molecule has 2 nitrogen and oxygen atoms in total. The molecule has 0 radical (unpaired) electrons. The second kappa shape index (κ2) is 6.50. The third-order valence-electron chi connectivity index (χ3n) is 3.47. The Hall–Kier alpha value is -0.640. The van der Waals surface area contributed by atoms with Gasteiger partial charge in [-0.2, -0.15) is 0 Å². The predicted molar refractivity (Wildman–Crippen MR) is 71.4 cm³/mol. The van der Waals surface area contributed by atoms with Gasteiger partial charge in [-0.25, -0.2) is 4.39 Å². The summed E-state index contributed by atoms with van der Waals surface area (Å²) >= 11 is 6.17. The van der Waals surface area contributed by atoms with Crippen LogP contribution in [0, 0.1) is 11.7 Å². The van der Waals surface area contributed by atoms with Gasteiger partial charge < -0.3 is 10.1 Å². The van der Waals surface area contributed by atoms with Crippen LogP contribution in [0.15, 0.2) is 18.2 Å². The minimum Gasteiger partial charge on any atom is -0.381 e. The van der Waals surface area contributed by atoms with Crippen LogP contribution in [-0.4, -0.2) is 19.8 Å². The zero-order chi connectivity index (χ0) is 13.0. The van der Waals surface area contributed by atoms with Crippen LogP contribution in [0.25, 0.3) is 0 Å². The molecule has 0 amide bonds. The first-order valence-corrected chi connectivity index (χ1v) is 6.87. The number of nitrogens with one attached hydrogen (secondary N) is 1. The zero-order valence-corrected chi connectivity index (χ0v) is 11.3. The minimum absolute atomic E-state index is 0.0207. The molecule has 4 heteroatoms. The summed E-state index contributed by atoms with van der Waals surface area (Å²) in [6.07, 6.45) is 1.89. The van der Waals surface area contributed by atoms with Gasteiger partial charge in [0.15, 0.2) is 0 Å². The van der Waals surface area contributed by atoms with E-state index in [1.54, 1.807) is 12.1 Å². The van der Waals surface area contributed by atoms with Crippen molar-refractivity contribution in [2.45, 2.75) is 25.8 Å². The lowest BCUT2D eigenvalue weighted by Gasteiger charge is -2.32. The molecule has 0 aliphatic carbocycles. The molecule has 18 heavy (non-hydrogen) atoms. The van der Waals surface area contributed by atoms with Crippen molar-refractivity contribution >= 4 is 11.6 Å². The Morgan fingerprint density at radius 2 is 2.17 bits per heavy atom. The summed E-state index contributed by atoms with van der Waals surface area (Å²) in [5.74, 6) is 0.160. The molecule has 0 saturated carbocycles. The lowest BCUT2D eigenvalue weighted by Crippen LogP contribution is -2.32. The quantitative estimate of drug-likeness (QED) is 0.904. The van der Waals surface area contributed by atoms with Crippen molar-refractivity contribution < 1.29 is 9.13 Å².